The third-order valence-corrected chi connectivity index (χ3v) is 4.32. The number of anilines is 2. The molecule has 3 aromatic rings. The van der Waals surface area contributed by atoms with Gasteiger partial charge in [-0.2, -0.15) is 0 Å². The van der Waals surface area contributed by atoms with Crippen molar-refractivity contribution in [2.45, 2.75) is 13.0 Å². The van der Waals surface area contributed by atoms with E-state index in [1.807, 2.05) is 30.3 Å². The number of pyridine rings is 1. The van der Waals surface area contributed by atoms with E-state index in [-0.39, 0.29) is 23.8 Å². The van der Waals surface area contributed by atoms with Crippen LogP contribution in [-0.4, -0.2) is 23.4 Å². The third-order valence-electron chi connectivity index (χ3n) is 4.32. The minimum absolute atomic E-state index is 0.146. The van der Waals surface area contributed by atoms with Gasteiger partial charge in [-0.3, -0.25) is 14.4 Å². The molecule has 3 rings (SSSR count). The summed E-state index contributed by atoms with van der Waals surface area (Å²) in [4.78, 5) is 38.2. The second kappa shape index (κ2) is 8.81. The highest BCUT2D eigenvalue weighted by atomic mass is 16.2. The average Bonchev–Trinajstić information content (AvgIpc) is 2.73. The van der Waals surface area contributed by atoms with Crippen LogP contribution in [0, 0.1) is 0 Å². The Morgan fingerprint density at radius 2 is 1.71 bits per heavy atom. The number of nitrogens with zero attached hydrogens (tertiary/aromatic N) is 2. The summed E-state index contributed by atoms with van der Waals surface area (Å²) in [7, 11) is 1.71. The molecule has 0 unspecified atom stereocenters. The molecule has 6 heteroatoms. The van der Waals surface area contributed by atoms with Gasteiger partial charge in [-0.15, -0.1) is 0 Å². The summed E-state index contributed by atoms with van der Waals surface area (Å²) in [6, 6.07) is 21.0. The summed E-state index contributed by atoms with van der Waals surface area (Å²) in [5, 5.41) is 2.78. The van der Waals surface area contributed by atoms with Crippen molar-refractivity contribution in [2.24, 2.45) is 0 Å². The Kier molecular flexibility index (Phi) is 6.01. The Bertz CT molecular complexity index is 1030. The van der Waals surface area contributed by atoms with E-state index in [9.17, 15) is 14.4 Å². The Morgan fingerprint density at radius 3 is 2.46 bits per heavy atom. The fraction of sp³-hybridized carbons (Fsp3) is 0.136. The third kappa shape index (κ3) is 4.73. The van der Waals surface area contributed by atoms with Crippen LogP contribution in [0.5, 0.6) is 0 Å². The highest BCUT2D eigenvalue weighted by molar-refractivity contribution is 6.06. The lowest BCUT2D eigenvalue weighted by molar-refractivity contribution is -0.116. The largest absolute Gasteiger partial charge is 0.326 e. The molecule has 1 heterocycles. The number of hydrogen-bond donors (Lipinski definition) is 1. The molecule has 0 aliphatic rings. The van der Waals surface area contributed by atoms with Gasteiger partial charge >= 0.3 is 0 Å². The molecule has 1 aromatic heterocycles. The van der Waals surface area contributed by atoms with Gasteiger partial charge in [-0.05, 0) is 36.4 Å². The predicted octanol–water partition coefficient (Wildman–Crippen LogP) is 3.15. The number of hydrogen-bond acceptors (Lipinski definition) is 3. The Morgan fingerprint density at radius 1 is 0.964 bits per heavy atom. The lowest BCUT2D eigenvalue weighted by atomic mass is 10.1. The Labute approximate surface area is 163 Å². The zero-order chi connectivity index (χ0) is 19.9. The molecule has 6 nitrogen and oxygen atoms in total. The van der Waals surface area contributed by atoms with E-state index in [2.05, 4.69) is 5.32 Å². The maximum absolute atomic E-state index is 12.7. The first-order chi connectivity index (χ1) is 13.5. The summed E-state index contributed by atoms with van der Waals surface area (Å²) >= 11 is 0. The molecule has 0 bridgehead atoms. The van der Waals surface area contributed by atoms with Gasteiger partial charge in [-0.1, -0.05) is 30.3 Å². The molecular weight excluding hydrogens is 354 g/mol. The fourth-order valence-corrected chi connectivity index (χ4v) is 2.78. The van der Waals surface area contributed by atoms with Crippen LogP contribution < -0.4 is 15.8 Å². The Balaban J connectivity index is 1.64. The Hall–Kier alpha value is -3.67. The number of benzene rings is 2. The topological polar surface area (TPSA) is 71.4 Å². The van der Waals surface area contributed by atoms with E-state index in [0.717, 1.165) is 5.69 Å². The zero-order valence-electron chi connectivity index (χ0n) is 15.5. The quantitative estimate of drug-likeness (QED) is 0.719. The van der Waals surface area contributed by atoms with Crippen molar-refractivity contribution in [1.82, 2.24) is 4.57 Å². The number of aromatic nitrogens is 1. The molecule has 0 fully saturated rings. The summed E-state index contributed by atoms with van der Waals surface area (Å²) in [5.74, 6) is -0.394. The van der Waals surface area contributed by atoms with Gasteiger partial charge in [0.2, 0.25) is 5.91 Å². The van der Waals surface area contributed by atoms with Crippen LogP contribution in [0.4, 0.5) is 11.4 Å². The molecule has 0 saturated carbocycles. The first-order valence-electron chi connectivity index (χ1n) is 8.93. The van der Waals surface area contributed by atoms with Crippen molar-refractivity contribution in [1.29, 1.82) is 0 Å². The number of nitrogens with one attached hydrogen (secondary N) is 1. The van der Waals surface area contributed by atoms with Gasteiger partial charge < -0.3 is 14.8 Å². The molecule has 142 valence electrons. The normalized spacial score (nSPS) is 10.3. The maximum atomic E-state index is 12.7. The van der Waals surface area contributed by atoms with Crippen LogP contribution in [0.1, 0.15) is 16.8 Å². The summed E-state index contributed by atoms with van der Waals surface area (Å²) in [6.07, 6.45) is 1.81. The molecule has 28 heavy (non-hydrogen) atoms. The molecule has 2 amide bonds. The number of carbonyl (C=O) groups excluding carboxylic acids is 2. The van der Waals surface area contributed by atoms with Crippen molar-refractivity contribution in [3.8, 4) is 0 Å². The lowest BCUT2D eigenvalue weighted by Crippen LogP contribution is -2.26. The molecule has 0 saturated heterocycles. The first-order valence-corrected chi connectivity index (χ1v) is 8.93. The molecular formula is C22H21N3O3. The van der Waals surface area contributed by atoms with Gasteiger partial charge in [0.05, 0.1) is 0 Å². The van der Waals surface area contributed by atoms with Gasteiger partial charge in [0.1, 0.15) is 0 Å². The minimum Gasteiger partial charge on any atom is -0.326 e. The van der Waals surface area contributed by atoms with Gasteiger partial charge in [0.15, 0.2) is 0 Å². The van der Waals surface area contributed by atoms with Crippen LogP contribution >= 0.6 is 0 Å². The van der Waals surface area contributed by atoms with E-state index in [4.69, 9.17) is 0 Å². The highest BCUT2D eigenvalue weighted by Crippen LogP contribution is 2.17. The predicted molar refractivity (Wildman–Crippen MR) is 110 cm³/mol. The minimum atomic E-state index is -0.225. The number of para-hydroxylation sites is 1. The molecule has 0 aliphatic carbocycles. The molecule has 2 aromatic carbocycles. The number of amides is 2. The first kappa shape index (κ1) is 19.1. The second-order valence-corrected chi connectivity index (χ2v) is 6.31. The zero-order valence-corrected chi connectivity index (χ0v) is 15.5. The standard InChI is InChI=1S/C22H21N3O3/c1-24(19-10-3-2-4-11-19)22(28)17-8-7-9-18(16-17)23-20(26)13-15-25-14-6-5-12-21(25)27/h2-12,14,16H,13,15H2,1H3,(H,23,26). The average molecular weight is 375 g/mol. The van der Waals surface area contributed by atoms with Crippen molar-refractivity contribution in [3.05, 3.63) is 94.9 Å². The molecule has 0 radical (unpaired) electrons. The van der Waals surface area contributed by atoms with Crippen molar-refractivity contribution >= 4 is 23.2 Å². The summed E-state index contributed by atoms with van der Waals surface area (Å²) in [6.45, 7) is 0.293. The monoisotopic (exact) mass is 375 g/mol. The van der Waals surface area contributed by atoms with Crippen molar-refractivity contribution in [2.75, 3.05) is 17.3 Å². The van der Waals surface area contributed by atoms with Crippen LogP contribution in [0.3, 0.4) is 0 Å². The van der Waals surface area contributed by atoms with Gasteiger partial charge in [-0.25, -0.2) is 0 Å². The molecule has 0 spiro atoms. The van der Waals surface area contributed by atoms with Crippen molar-refractivity contribution in [3.63, 3.8) is 0 Å². The van der Waals surface area contributed by atoms with E-state index in [1.165, 1.54) is 10.6 Å². The maximum Gasteiger partial charge on any atom is 0.258 e. The van der Waals surface area contributed by atoms with Crippen LogP contribution in [-0.2, 0) is 11.3 Å². The molecule has 1 N–H and O–H groups in total. The summed E-state index contributed by atoms with van der Waals surface area (Å²) in [5.41, 5.74) is 1.66. The second-order valence-electron chi connectivity index (χ2n) is 6.31. The van der Waals surface area contributed by atoms with Crippen LogP contribution in [0.2, 0.25) is 0 Å². The number of aryl methyl sites for hydroxylation is 1. The fourth-order valence-electron chi connectivity index (χ4n) is 2.78. The van der Waals surface area contributed by atoms with E-state index in [0.29, 0.717) is 17.8 Å². The summed E-state index contributed by atoms with van der Waals surface area (Å²) < 4.78 is 1.48. The van der Waals surface area contributed by atoms with E-state index < -0.39 is 0 Å². The smallest absolute Gasteiger partial charge is 0.258 e. The van der Waals surface area contributed by atoms with E-state index in [1.54, 1.807) is 54.5 Å². The van der Waals surface area contributed by atoms with Crippen LogP contribution in [0.15, 0.2) is 83.8 Å². The van der Waals surface area contributed by atoms with Gasteiger partial charge in [0, 0.05) is 49.2 Å². The number of carbonyl (C=O) groups is 2. The highest BCUT2D eigenvalue weighted by Gasteiger charge is 2.14. The van der Waals surface area contributed by atoms with Crippen molar-refractivity contribution < 1.29 is 9.59 Å². The molecule has 0 aliphatic heterocycles. The van der Waals surface area contributed by atoms with Crippen LogP contribution in [0.25, 0.3) is 0 Å². The lowest BCUT2D eigenvalue weighted by Gasteiger charge is -2.17. The van der Waals surface area contributed by atoms with Gasteiger partial charge in [0.25, 0.3) is 11.5 Å². The van der Waals surface area contributed by atoms with E-state index >= 15 is 0 Å². The SMILES string of the molecule is CN(C(=O)c1cccc(NC(=O)CCn2ccccc2=O)c1)c1ccccc1. The number of rotatable bonds is 6. The molecule has 0 atom stereocenters.